The molecule has 1 aromatic carbocycles. The van der Waals surface area contributed by atoms with Gasteiger partial charge in [0, 0.05) is 10.9 Å². The Hall–Kier alpha value is -0.550. The summed E-state index contributed by atoms with van der Waals surface area (Å²) in [6.07, 6.45) is 0.917. The Bertz CT molecular complexity index is 566. The minimum Gasteiger partial charge on any atom is -0.332 e. The summed E-state index contributed by atoms with van der Waals surface area (Å²) in [5.74, 6) is 0. The van der Waals surface area contributed by atoms with E-state index in [-0.39, 0.29) is 5.25 Å². The van der Waals surface area contributed by atoms with Crippen LogP contribution < -0.4 is 10.4 Å². The van der Waals surface area contributed by atoms with Crippen molar-refractivity contribution in [2.75, 3.05) is 11.9 Å². The summed E-state index contributed by atoms with van der Waals surface area (Å²) in [6.45, 7) is 7.28. The highest BCUT2D eigenvalue weighted by Crippen LogP contribution is 2.58. The summed E-state index contributed by atoms with van der Waals surface area (Å²) < 4.78 is 18.3. The lowest BCUT2D eigenvalue weighted by Gasteiger charge is -2.22. The van der Waals surface area contributed by atoms with Gasteiger partial charge in [0.1, 0.15) is 0 Å². The number of nitrogens with one attached hydrogen (secondary N) is 2. The first-order valence-corrected chi connectivity index (χ1v) is 10.9. The van der Waals surface area contributed by atoms with Gasteiger partial charge in [-0.05, 0) is 62.4 Å². The van der Waals surface area contributed by atoms with Gasteiger partial charge in [-0.15, -0.1) is 0 Å². The van der Waals surface area contributed by atoms with E-state index in [0.717, 1.165) is 17.7 Å². The second-order valence-electron chi connectivity index (χ2n) is 5.12. The van der Waals surface area contributed by atoms with Crippen molar-refractivity contribution in [2.24, 2.45) is 0 Å². The predicted molar refractivity (Wildman–Crippen MR) is 102 cm³/mol. The van der Waals surface area contributed by atoms with Crippen LogP contribution in [0.25, 0.3) is 0 Å². The van der Waals surface area contributed by atoms with Gasteiger partial charge in [0.15, 0.2) is 5.11 Å². The normalized spacial score (nSPS) is 15.0. The zero-order chi connectivity index (χ0) is 16.8. The van der Waals surface area contributed by atoms with E-state index in [4.69, 9.17) is 16.7 Å². The van der Waals surface area contributed by atoms with Crippen molar-refractivity contribution in [3.63, 3.8) is 0 Å². The third kappa shape index (κ3) is 6.29. The number of rotatable bonds is 7. The first-order chi connectivity index (χ1) is 10.3. The van der Waals surface area contributed by atoms with E-state index in [1.54, 1.807) is 0 Å². The molecule has 22 heavy (non-hydrogen) atoms. The van der Waals surface area contributed by atoms with Gasteiger partial charge < -0.3 is 9.84 Å². The Morgan fingerprint density at radius 3 is 2.64 bits per heavy atom. The first kappa shape index (κ1) is 19.5. The maximum absolute atomic E-state index is 12.8. The summed E-state index contributed by atoms with van der Waals surface area (Å²) in [5, 5.41) is 6.51. The molecule has 124 valence electrons. The van der Waals surface area contributed by atoms with Gasteiger partial charge in [-0.3, -0.25) is 9.65 Å². The van der Waals surface area contributed by atoms with Gasteiger partial charge in [-0.2, -0.15) is 0 Å². The zero-order valence-corrected chi connectivity index (χ0v) is 16.3. The van der Waals surface area contributed by atoms with Crippen LogP contribution in [0.4, 0.5) is 5.69 Å². The first-order valence-electron chi connectivity index (χ1n) is 7.39. The molecule has 0 aliphatic rings. The second kappa shape index (κ2) is 8.92. The van der Waals surface area contributed by atoms with E-state index in [1.807, 2.05) is 39.8 Å². The fourth-order valence-electron chi connectivity index (χ4n) is 1.80. The molecule has 7 heteroatoms. The predicted octanol–water partition coefficient (Wildman–Crippen LogP) is 5.27. The van der Waals surface area contributed by atoms with Crippen molar-refractivity contribution in [3.05, 3.63) is 29.3 Å². The van der Waals surface area contributed by atoms with Crippen LogP contribution in [-0.2, 0) is 9.09 Å². The molecule has 1 rings (SSSR count). The summed E-state index contributed by atoms with van der Waals surface area (Å²) in [5.41, 5.74) is 3.18. The molecule has 0 saturated heterocycles. The molecule has 0 amide bonds. The topological polar surface area (TPSA) is 50.4 Å². The maximum Gasteiger partial charge on any atom is 0.353 e. The van der Waals surface area contributed by atoms with E-state index in [1.165, 1.54) is 16.9 Å². The Morgan fingerprint density at radius 2 is 2.09 bits per heavy atom. The molecule has 4 nitrogen and oxygen atoms in total. The number of thiocarbonyl (C=S) groups is 1. The van der Waals surface area contributed by atoms with Crippen molar-refractivity contribution in [1.82, 2.24) is 5.09 Å². The Morgan fingerprint density at radius 1 is 1.41 bits per heavy atom. The highest BCUT2D eigenvalue weighted by atomic mass is 32.7. The molecule has 0 fully saturated rings. The fourth-order valence-corrected chi connectivity index (χ4v) is 6.69. The van der Waals surface area contributed by atoms with Crippen molar-refractivity contribution in [1.29, 1.82) is 0 Å². The average Bonchev–Trinajstić information content (AvgIpc) is 2.41. The van der Waals surface area contributed by atoms with E-state index in [0.29, 0.717) is 11.7 Å². The molecule has 0 aromatic heterocycles. The minimum atomic E-state index is -3.05. The van der Waals surface area contributed by atoms with Crippen LogP contribution in [0, 0.1) is 13.8 Å². The number of aryl methyl sites for hydroxylation is 2. The lowest BCUT2D eigenvalue weighted by molar-refractivity contribution is 0.343. The van der Waals surface area contributed by atoms with Crippen molar-refractivity contribution in [2.45, 2.75) is 46.3 Å². The highest BCUT2D eigenvalue weighted by molar-refractivity contribution is 8.56. The molecular weight excluding hydrogens is 335 g/mol. The second-order valence-corrected chi connectivity index (χ2v) is 10.1. The van der Waals surface area contributed by atoms with E-state index in [9.17, 15) is 4.57 Å². The molecule has 0 aliphatic heterocycles. The molecule has 1 aromatic rings. The van der Waals surface area contributed by atoms with Crippen LogP contribution in [0.3, 0.4) is 0 Å². The summed E-state index contributed by atoms with van der Waals surface area (Å²) in [7, 11) is 0. The molecular formula is C15H25N2O2PS2. The average molecular weight is 360 g/mol. The largest absolute Gasteiger partial charge is 0.353 e. The van der Waals surface area contributed by atoms with Crippen LogP contribution in [0.5, 0.6) is 0 Å². The van der Waals surface area contributed by atoms with E-state index < -0.39 is 6.72 Å². The monoisotopic (exact) mass is 360 g/mol. The smallest absolute Gasteiger partial charge is 0.332 e. The third-order valence-corrected chi connectivity index (χ3v) is 7.99. The summed E-state index contributed by atoms with van der Waals surface area (Å²) in [4.78, 5) is 0. The molecule has 0 radical (unpaired) electrons. The van der Waals surface area contributed by atoms with Gasteiger partial charge in [0.05, 0.1) is 6.61 Å². The van der Waals surface area contributed by atoms with Gasteiger partial charge in [-0.25, -0.2) is 0 Å². The Kier molecular flexibility index (Phi) is 7.90. The molecule has 0 spiro atoms. The van der Waals surface area contributed by atoms with Gasteiger partial charge in [-0.1, -0.05) is 31.5 Å². The van der Waals surface area contributed by atoms with Crippen LogP contribution >= 0.6 is 30.3 Å². The van der Waals surface area contributed by atoms with Crippen LogP contribution in [0.15, 0.2) is 18.2 Å². The molecule has 2 atom stereocenters. The SMILES string of the molecule is CCOP(=O)(NC(=S)Nc1ccc(C)cc1C)SC(C)CC. The van der Waals surface area contributed by atoms with Crippen molar-refractivity contribution >= 4 is 41.1 Å². The molecule has 2 unspecified atom stereocenters. The van der Waals surface area contributed by atoms with Crippen LogP contribution in [0.2, 0.25) is 0 Å². The quantitative estimate of drug-likeness (QED) is 0.510. The minimum absolute atomic E-state index is 0.230. The lowest BCUT2D eigenvalue weighted by atomic mass is 10.1. The molecule has 0 bridgehead atoms. The van der Waals surface area contributed by atoms with Crippen molar-refractivity contribution < 1.29 is 9.09 Å². The molecule has 0 saturated carbocycles. The summed E-state index contributed by atoms with van der Waals surface area (Å²) in [6, 6.07) is 6.04. The van der Waals surface area contributed by atoms with E-state index in [2.05, 4.69) is 23.4 Å². The number of benzene rings is 1. The fraction of sp³-hybridized carbons (Fsp3) is 0.533. The highest BCUT2D eigenvalue weighted by Gasteiger charge is 2.27. The van der Waals surface area contributed by atoms with Crippen molar-refractivity contribution in [3.8, 4) is 0 Å². The number of hydrogen-bond donors (Lipinski definition) is 2. The summed E-state index contributed by atoms with van der Waals surface area (Å²) >= 11 is 6.60. The Labute approximate surface area is 143 Å². The van der Waals surface area contributed by atoms with Crippen LogP contribution in [-0.4, -0.2) is 17.0 Å². The zero-order valence-electron chi connectivity index (χ0n) is 13.8. The molecule has 2 N–H and O–H groups in total. The van der Waals surface area contributed by atoms with Gasteiger partial charge in [0.2, 0.25) is 0 Å². The van der Waals surface area contributed by atoms with Crippen LogP contribution in [0.1, 0.15) is 38.3 Å². The lowest BCUT2D eigenvalue weighted by Crippen LogP contribution is -2.26. The molecule has 0 heterocycles. The number of anilines is 1. The molecule has 0 aliphatic carbocycles. The third-order valence-electron chi connectivity index (χ3n) is 3.06. The maximum atomic E-state index is 12.8. The number of hydrogen-bond acceptors (Lipinski definition) is 4. The van der Waals surface area contributed by atoms with Gasteiger partial charge in [0.25, 0.3) is 0 Å². The Balaban J connectivity index is 2.76. The standard InChI is InChI=1S/C15H25N2O2PS2/c1-6-13(5)22-20(18,19-7-2)17-15(21)16-14-9-8-11(3)10-12(14)4/h8-10,13H,6-7H2,1-5H3,(H2,16,17,18,21). The van der Waals surface area contributed by atoms with E-state index >= 15 is 0 Å². The van der Waals surface area contributed by atoms with Gasteiger partial charge >= 0.3 is 6.72 Å².